The van der Waals surface area contributed by atoms with Crippen LogP contribution >= 0.6 is 15.9 Å². The van der Waals surface area contributed by atoms with Crippen LogP contribution < -0.4 is 10.0 Å². The standard InChI is InChI=1S/C13H21BrN2O4S/c1-2-15-8-11-7-12(13(14)20-11)21(17,18)16-5-3-10-4-6-19-9-10/h7,10,15-16H,2-6,8-9H2,1H3. The fourth-order valence-electron chi connectivity index (χ4n) is 2.20. The fraction of sp³-hybridized carbons (Fsp3) is 0.692. The SMILES string of the molecule is CCNCc1cc(S(=O)(=O)NCCC2CCOC2)c(Br)o1. The van der Waals surface area contributed by atoms with Crippen LogP contribution in [0.4, 0.5) is 0 Å². The molecule has 120 valence electrons. The maximum atomic E-state index is 12.3. The third kappa shape index (κ3) is 4.79. The van der Waals surface area contributed by atoms with E-state index in [9.17, 15) is 8.42 Å². The van der Waals surface area contributed by atoms with Gasteiger partial charge in [-0.3, -0.25) is 0 Å². The Kier molecular flexibility index (Phi) is 6.24. The van der Waals surface area contributed by atoms with Gasteiger partial charge >= 0.3 is 0 Å². The lowest BCUT2D eigenvalue weighted by Gasteiger charge is -2.08. The zero-order valence-electron chi connectivity index (χ0n) is 12.0. The Labute approximate surface area is 133 Å². The van der Waals surface area contributed by atoms with Gasteiger partial charge in [0.25, 0.3) is 0 Å². The van der Waals surface area contributed by atoms with Crippen LogP contribution in [-0.2, 0) is 21.3 Å². The first-order valence-electron chi connectivity index (χ1n) is 7.09. The second kappa shape index (κ2) is 7.73. The maximum Gasteiger partial charge on any atom is 0.244 e. The summed E-state index contributed by atoms with van der Waals surface area (Å²) in [5.74, 6) is 1.04. The van der Waals surface area contributed by atoms with Crippen molar-refractivity contribution in [2.24, 2.45) is 5.92 Å². The summed E-state index contributed by atoms with van der Waals surface area (Å²) in [6.07, 6.45) is 1.79. The van der Waals surface area contributed by atoms with Crippen LogP contribution in [0.3, 0.4) is 0 Å². The van der Waals surface area contributed by atoms with E-state index in [0.717, 1.165) is 32.6 Å². The Hall–Kier alpha value is -0.410. The zero-order valence-corrected chi connectivity index (χ0v) is 14.4. The average Bonchev–Trinajstić information content (AvgIpc) is 3.06. The molecular formula is C13H21BrN2O4S. The Morgan fingerprint density at radius 2 is 2.29 bits per heavy atom. The van der Waals surface area contributed by atoms with Crippen LogP contribution in [0.2, 0.25) is 0 Å². The molecule has 0 spiro atoms. The van der Waals surface area contributed by atoms with Crippen molar-refractivity contribution < 1.29 is 17.6 Å². The van der Waals surface area contributed by atoms with E-state index in [2.05, 4.69) is 26.0 Å². The molecule has 2 heterocycles. The Balaban J connectivity index is 1.93. The topological polar surface area (TPSA) is 80.6 Å². The molecule has 8 heteroatoms. The summed E-state index contributed by atoms with van der Waals surface area (Å²) >= 11 is 3.17. The van der Waals surface area contributed by atoms with Gasteiger partial charge in [0.15, 0.2) is 4.67 Å². The summed E-state index contributed by atoms with van der Waals surface area (Å²) in [5, 5.41) is 3.09. The van der Waals surface area contributed by atoms with Crippen molar-refractivity contribution in [1.82, 2.24) is 10.0 Å². The molecule has 1 aromatic rings. The van der Waals surface area contributed by atoms with Crippen molar-refractivity contribution in [2.75, 3.05) is 26.3 Å². The maximum absolute atomic E-state index is 12.3. The minimum absolute atomic E-state index is 0.151. The number of nitrogens with one attached hydrogen (secondary N) is 2. The number of hydrogen-bond donors (Lipinski definition) is 2. The van der Waals surface area contributed by atoms with Crippen molar-refractivity contribution in [3.63, 3.8) is 0 Å². The number of halogens is 1. The van der Waals surface area contributed by atoms with E-state index in [4.69, 9.17) is 9.15 Å². The third-order valence-electron chi connectivity index (χ3n) is 3.41. The first-order chi connectivity index (χ1) is 10.0. The number of ether oxygens (including phenoxy) is 1. The van der Waals surface area contributed by atoms with Gasteiger partial charge in [-0.25, -0.2) is 13.1 Å². The van der Waals surface area contributed by atoms with E-state index in [1.165, 1.54) is 0 Å². The Morgan fingerprint density at radius 3 is 2.95 bits per heavy atom. The molecule has 1 aliphatic heterocycles. The number of rotatable bonds is 8. The highest BCUT2D eigenvalue weighted by Gasteiger charge is 2.23. The van der Waals surface area contributed by atoms with Crippen LogP contribution in [0.1, 0.15) is 25.5 Å². The number of sulfonamides is 1. The highest BCUT2D eigenvalue weighted by Crippen LogP contribution is 2.26. The third-order valence-corrected chi connectivity index (χ3v) is 5.73. The molecule has 21 heavy (non-hydrogen) atoms. The molecule has 1 fully saturated rings. The molecule has 0 radical (unpaired) electrons. The lowest BCUT2D eigenvalue weighted by atomic mass is 10.1. The molecule has 2 N–H and O–H groups in total. The summed E-state index contributed by atoms with van der Waals surface area (Å²) < 4.78 is 38.1. The highest BCUT2D eigenvalue weighted by atomic mass is 79.9. The van der Waals surface area contributed by atoms with E-state index in [-0.39, 0.29) is 9.56 Å². The first-order valence-corrected chi connectivity index (χ1v) is 9.37. The molecule has 1 saturated heterocycles. The predicted molar refractivity (Wildman–Crippen MR) is 82.5 cm³/mol. The molecular weight excluding hydrogens is 360 g/mol. The molecule has 1 atom stereocenters. The Bertz CT molecular complexity index is 553. The minimum atomic E-state index is -3.55. The summed E-state index contributed by atoms with van der Waals surface area (Å²) in [6.45, 7) is 5.19. The van der Waals surface area contributed by atoms with Gasteiger partial charge in [0.2, 0.25) is 10.0 Å². The normalized spacial score (nSPS) is 19.2. The molecule has 1 aromatic heterocycles. The van der Waals surface area contributed by atoms with Gasteiger partial charge in [-0.1, -0.05) is 6.92 Å². The van der Waals surface area contributed by atoms with Crippen molar-refractivity contribution in [3.05, 3.63) is 16.5 Å². The van der Waals surface area contributed by atoms with Gasteiger partial charge in [-0.15, -0.1) is 0 Å². The Morgan fingerprint density at radius 1 is 1.48 bits per heavy atom. The lowest BCUT2D eigenvalue weighted by molar-refractivity contribution is 0.184. The second-order valence-corrected chi connectivity index (χ2v) is 7.50. The van der Waals surface area contributed by atoms with E-state index in [1.54, 1.807) is 6.07 Å². The van der Waals surface area contributed by atoms with E-state index < -0.39 is 10.0 Å². The van der Waals surface area contributed by atoms with Gasteiger partial charge in [0, 0.05) is 25.8 Å². The van der Waals surface area contributed by atoms with Gasteiger partial charge in [-0.2, -0.15) is 0 Å². The van der Waals surface area contributed by atoms with Gasteiger partial charge < -0.3 is 14.5 Å². The van der Waals surface area contributed by atoms with Crippen LogP contribution in [-0.4, -0.2) is 34.7 Å². The van der Waals surface area contributed by atoms with Gasteiger partial charge in [0.05, 0.1) is 6.54 Å². The molecule has 0 aromatic carbocycles. The van der Waals surface area contributed by atoms with Crippen LogP contribution in [0.25, 0.3) is 0 Å². The van der Waals surface area contributed by atoms with E-state index >= 15 is 0 Å². The molecule has 1 unspecified atom stereocenters. The van der Waals surface area contributed by atoms with Crippen molar-refractivity contribution >= 4 is 26.0 Å². The smallest absolute Gasteiger partial charge is 0.244 e. The van der Waals surface area contributed by atoms with Crippen LogP contribution in [0, 0.1) is 5.92 Å². The molecule has 2 rings (SSSR count). The van der Waals surface area contributed by atoms with E-state index in [1.807, 2.05) is 6.92 Å². The summed E-state index contributed by atoms with van der Waals surface area (Å²) in [5.41, 5.74) is 0. The monoisotopic (exact) mass is 380 g/mol. The number of furan rings is 1. The highest BCUT2D eigenvalue weighted by molar-refractivity contribution is 9.10. The van der Waals surface area contributed by atoms with Crippen molar-refractivity contribution in [1.29, 1.82) is 0 Å². The minimum Gasteiger partial charge on any atom is -0.452 e. The van der Waals surface area contributed by atoms with Crippen LogP contribution in [0.5, 0.6) is 0 Å². The largest absolute Gasteiger partial charge is 0.452 e. The molecule has 0 aliphatic carbocycles. The predicted octanol–water partition coefficient (Wildman–Crippen LogP) is 1.86. The lowest BCUT2D eigenvalue weighted by Crippen LogP contribution is -2.26. The van der Waals surface area contributed by atoms with Gasteiger partial charge in [0.1, 0.15) is 10.7 Å². The molecule has 0 bridgehead atoms. The fourth-order valence-corrected chi connectivity index (χ4v) is 4.25. The molecule has 0 saturated carbocycles. The molecule has 0 amide bonds. The summed E-state index contributed by atoms with van der Waals surface area (Å²) in [4.78, 5) is 0.151. The first kappa shape index (κ1) is 17.0. The number of hydrogen-bond acceptors (Lipinski definition) is 5. The summed E-state index contributed by atoms with van der Waals surface area (Å²) in [7, 11) is -3.55. The second-order valence-electron chi connectivity index (χ2n) is 5.05. The summed E-state index contributed by atoms with van der Waals surface area (Å²) in [6, 6.07) is 1.55. The van der Waals surface area contributed by atoms with Gasteiger partial charge in [-0.05, 0) is 41.2 Å². The van der Waals surface area contributed by atoms with E-state index in [0.29, 0.717) is 24.8 Å². The average molecular weight is 381 g/mol. The zero-order chi connectivity index (χ0) is 15.3. The molecule has 6 nitrogen and oxygen atoms in total. The molecule has 1 aliphatic rings. The quantitative estimate of drug-likeness (QED) is 0.719. The van der Waals surface area contributed by atoms with Crippen molar-refractivity contribution in [2.45, 2.75) is 31.2 Å². The van der Waals surface area contributed by atoms with Crippen molar-refractivity contribution in [3.8, 4) is 0 Å². The van der Waals surface area contributed by atoms with Crippen LogP contribution in [0.15, 0.2) is 20.0 Å².